The van der Waals surface area contributed by atoms with Crippen LogP contribution in [0.15, 0.2) is 78.5 Å². The van der Waals surface area contributed by atoms with E-state index >= 15 is 0 Å². The largest absolute Gasteiger partial charge is 0.416 e. The Hall–Kier alpha value is -7.19. The summed E-state index contributed by atoms with van der Waals surface area (Å²) in [4.78, 5) is 87.7. The molecule has 1 atom stereocenters. The lowest BCUT2D eigenvalue weighted by atomic mass is 9.79. The van der Waals surface area contributed by atoms with Gasteiger partial charge in [-0.2, -0.15) is 18.3 Å². The number of benzene rings is 3. The molecule has 5 aromatic rings. The molecule has 75 heavy (non-hydrogen) atoms. The number of aromatic nitrogens is 3. The first kappa shape index (κ1) is 55.6. The van der Waals surface area contributed by atoms with Crippen molar-refractivity contribution in [2.45, 2.75) is 19.0 Å². The minimum atomic E-state index is -4.46. The zero-order chi connectivity index (χ0) is 53.3. The highest BCUT2D eigenvalue weighted by atomic mass is 19.4. The lowest BCUT2D eigenvalue weighted by molar-refractivity contribution is -0.138. The monoisotopic (exact) mass is 1050 g/mol. The fraction of sp³-hybridized carbons (Fsp3) is 0.412. The highest BCUT2D eigenvalue weighted by Gasteiger charge is 2.38. The van der Waals surface area contributed by atoms with Crippen LogP contribution in [0.25, 0.3) is 27.6 Å². The van der Waals surface area contributed by atoms with Crippen LogP contribution in [0.2, 0.25) is 0 Å². The number of piperidine rings is 1. The number of alkyl halides is 3. The number of fused-ring (bicyclic) bond motifs is 4. The van der Waals surface area contributed by atoms with Crippen LogP contribution >= 0.6 is 0 Å². The van der Waals surface area contributed by atoms with Crippen molar-refractivity contribution in [2.75, 3.05) is 111 Å². The molecule has 4 N–H and O–H groups in total. The summed E-state index contributed by atoms with van der Waals surface area (Å²) in [6.07, 6.45) is -1.39. The topological polar surface area (TPSA) is 255 Å². The van der Waals surface area contributed by atoms with Gasteiger partial charge in [0.15, 0.2) is 17.2 Å². The Kier molecular flexibility index (Phi) is 19.9. The fourth-order valence-electron chi connectivity index (χ4n) is 8.16. The average molecular weight is 1050 g/mol. The summed E-state index contributed by atoms with van der Waals surface area (Å²) in [5.41, 5.74) is 1.60. The van der Waals surface area contributed by atoms with Crippen LogP contribution in [0, 0.1) is 5.92 Å². The second kappa shape index (κ2) is 26.9. The Labute approximate surface area is 427 Å². The number of ketones is 2. The fourth-order valence-corrected chi connectivity index (χ4v) is 8.16. The zero-order valence-corrected chi connectivity index (χ0v) is 40.9. The van der Waals surface area contributed by atoms with E-state index in [-0.39, 0.29) is 133 Å². The van der Waals surface area contributed by atoms with E-state index in [1.807, 2.05) is 0 Å². The molecule has 1 saturated heterocycles. The van der Waals surface area contributed by atoms with Crippen molar-refractivity contribution in [3.05, 3.63) is 101 Å². The Bertz CT molecular complexity index is 2900. The number of imide groups is 1. The second-order valence-electron chi connectivity index (χ2n) is 17.0. The molecule has 0 saturated carbocycles. The smallest absolute Gasteiger partial charge is 0.377 e. The molecule has 21 nitrogen and oxygen atoms in total. The van der Waals surface area contributed by atoms with E-state index in [1.165, 1.54) is 30.3 Å². The second-order valence-corrected chi connectivity index (χ2v) is 17.0. The van der Waals surface area contributed by atoms with Crippen LogP contribution in [0.1, 0.15) is 49.5 Å². The van der Waals surface area contributed by atoms with Gasteiger partial charge in [0.2, 0.25) is 23.6 Å². The van der Waals surface area contributed by atoms with Gasteiger partial charge in [0, 0.05) is 65.9 Å². The van der Waals surface area contributed by atoms with Gasteiger partial charge in [-0.05, 0) is 61.0 Å². The van der Waals surface area contributed by atoms with Crippen molar-refractivity contribution < 1.29 is 79.9 Å². The number of carbonyl (C=O) groups is 7. The number of amides is 5. The van der Waals surface area contributed by atoms with Crippen LogP contribution in [-0.4, -0.2) is 161 Å². The Morgan fingerprint density at radius 1 is 0.720 bits per heavy atom. The Morgan fingerprint density at radius 2 is 1.32 bits per heavy atom. The minimum Gasteiger partial charge on any atom is -0.377 e. The predicted molar refractivity (Wildman–Crippen MR) is 261 cm³/mol. The molecule has 1 fully saturated rings. The number of rotatable bonds is 29. The number of hydrogen-bond acceptors (Lipinski definition) is 15. The normalized spacial score (nSPS) is 14.8. The summed E-state index contributed by atoms with van der Waals surface area (Å²) in [6.45, 7) is 2.97. The number of carbonyl (C=O) groups excluding carboxylic acids is 7. The number of allylic oxidation sites excluding steroid dienone is 1. The number of ether oxygens (including phenoxy) is 7. The molecule has 3 aromatic carbocycles. The van der Waals surface area contributed by atoms with Gasteiger partial charge >= 0.3 is 6.18 Å². The number of Topliss-reactive ketones (excluding diaryl/α,β-unsaturated/α-hetero) is 1. The first-order chi connectivity index (χ1) is 36.2. The zero-order valence-electron chi connectivity index (χ0n) is 40.9. The Balaban J connectivity index is 0.638. The van der Waals surface area contributed by atoms with Crippen LogP contribution in [0.3, 0.4) is 0 Å². The third-order valence-electron chi connectivity index (χ3n) is 11.7. The summed E-state index contributed by atoms with van der Waals surface area (Å²) >= 11 is 0. The quantitative estimate of drug-likeness (QED) is 0.0395. The molecule has 2 aromatic heterocycles. The van der Waals surface area contributed by atoms with E-state index < -0.39 is 46.9 Å². The molecule has 24 heteroatoms. The van der Waals surface area contributed by atoms with Crippen molar-refractivity contribution in [1.82, 2.24) is 30.3 Å². The van der Waals surface area contributed by atoms with Gasteiger partial charge < -0.3 is 49.1 Å². The van der Waals surface area contributed by atoms with E-state index in [4.69, 9.17) is 33.2 Å². The average Bonchev–Trinajstić information content (AvgIpc) is 3.92. The van der Waals surface area contributed by atoms with Gasteiger partial charge in [-0.15, -0.1) is 0 Å². The van der Waals surface area contributed by atoms with Gasteiger partial charge in [-0.25, -0.2) is 0 Å². The van der Waals surface area contributed by atoms with Crippen LogP contribution in [0.4, 0.5) is 18.9 Å². The number of nitrogens with one attached hydrogen (secondary N) is 4. The van der Waals surface area contributed by atoms with Gasteiger partial charge in [-0.3, -0.25) is 48.1 Å². The summed E-state index contributed by atoms with van der Waals surface area (Å²) in [5, 5.41) is 16.3. The van der Waals surface area contributed by atoms with E-state index in [0.29, 0.717) is 42.2 Å². The molecule has 1 aliphatic carbocycles. The number of nitrogens with zero attached hydrogens (tertiary/aromatic N) is 3. The number of hydrogen-bond donors (Lipinski definition) is 4. The maximum Gasteiger partial charge on any atom is 0.416 e. The van der Waals surface area contributed by atoms with E-state index in [9.17, 15) is 46.7 Å². The summed E-state index contributed by atoms with van der Waals surface area (Å²) in [7, 11) is 1.74. The van der Waals surface area contributed by atoms with E-state index in [1.54, 1.807) is 40.7 Å². The predicted octanol–water partition coefficient (Wildman–Crippen LogP) is 3.50. The molecule has 0 bridgehead atoms. The van der Waals surface area contributed by atoms with E-state index in [0.717, 1.165) is 29.0 Å². The number of halogens is 3. The SMILES string of the molecule is Cn1cc2c3cc(C(=O)NCCOCCOCCNC(=O)COCCOCCOCCOCCOCC(=O)Nc4cccc5c4C(=O)C=C(C4CCC(=O)NC4=O)C5=O)ccc3n(-c3ccc(C(F)(F)F)cc3)c2n1. The molecule has 3 heterocycles. The first-order valence-electron chi connectivity index (χ1n) is 24.0. The van der Waals surface area contributed by atoms with E-state index in [2.05, 4.69) is 26.4 Å². The third kappa shape index (κ3) is 15.2. The molecular weight excluding hydrogens is 992 g/mol. The molecule has 7 rings (SSSR count). The van der Waals surface area contributed by atoms with Crippen molar-refractivity contribution in [2.24, 2.45) is 13.0 Å². The highest BCUT2D eigenvalue weighted by molar-refractivity contribution is 6.28. The van der Waals surface area contributed by atoms with Gasteiger partial charge in [-0.1, -0.05) is 12.1 Å². The van der Waals surface area contributed by atoms with Crippen LogP contribution in [0.5, 0.6) is 0 Å². The van der Waals surface area contributed by atoms with Gasteiger partial charge in [0.1, 0.15) is 13.2 Å². The van der Waals surface area contributed by atoms with Crippen molar-refractivity contribution >= 4 is 68.7 Å². The van der Waals surface area contributed by atoms with Crippen molar-refractivity contribution in [3.63, 3.8) is 0 Å². The molecule has 5 amide bonds. The molecule has 2 aliphatic rings. The minimum absolute atomic E-state index is 0.0113. The maximum absolute atomic E-state index is 13.2. The lowest BCUT2D eigenvalue weighted by Gasteiger charge is -2.25. The first-order valence-corrected chi connectivity index (χ1v) is 24.0. The van der Waals surface area contributed by atoms with Crippen LogP contribution < -0.4 is 21.3 Å². The number of aryl methyl sites for hydroxylation is 1. The van der Waals surface area contributed by atoms with Crippen molar-refractivity contribution in [1.29, 1.82) is 0 Å². The number of anilines is 1. The molecule has 0 spiro atoms. The highest BCUT2D eigenvalue weighted by Crippen LogP contribution is 2.35. The van der Waals surface area contributed by atoms with Gasteiger partial charge in [0.05, 0.1) is 108 Å². The summed E-state index contributed by atoms with van der Waals surface area (Å²) in [5.74, 6) is -4.22. The maximum atomic E-state index is 13.2. The standard InChI is InChI=1S/C51H56F3N7O14/c1-60-29-39-37-27-32(5-11-41(37)61(48(39)59-60)34-8-6-33(7-9-34)51(52,53)54)49(67)56-14-16-70-18-17-69-15-13-55-44(64)30-74-25-23-72-21-19-71-20-22-73-24-26-75-31-45(65)57-40-4-2-3-36-46(40)42(62)28-38(47(36)66)35-10-12-43(63)58-50(35)68/h2-9,11,27-29,35H,10,12-26,30-31H2,1H3,(H,55,64)(H,56,67)(H,57,65)(H,58,63,68). The molecular formula is C51H56F3N7O14. The molecule has 1 aliphatic heterocycles. The van der Waals surface area contributed by atoms with Crippen molar-refractivity contribution in [3.8, 4) is 5.69 Å². The molecule has 1 unspecified atom stereocenters. The summed E-state index contributed by atoms with van der Waals surface area (Å²) in [6, 6.07) is 14.4. The molecule has 400 valence electrons. The van der Waals surface area contributed by atoms with Gasteiger partial charge in [0.25, 0.3) is 5.91 Å². The molecule has 0 radical (unpaired) electrons. The summed E-state index contributed by atoms with van der Waals surface area (Å²) < 4.78 is 81.0. The lowest BCUT2D eigenvalue weighted by Crippen LogP contribution is -2.43. The Morgan fingerprint density at radius 3 is 1.95 bits per heavy atom. The van der Waals surface area contributed by atoms with Crippen LogP contribution in [-0.2, 0) is 65.6 Å². The third-order valence-corrected chi connectivity index (χ3v) is 11.7.